The van der Waals surface area contributed by atoms with Crippen LogP contribution in [-0.2, 0) is 11.2 Å². The van der Waals surface area contributed by atoms with E-state index in [0.717, 1.165) is 58.3 Å². The normalized spacial score (nSPS) is 16.6. The van der Waals surface area contributed by atoms with E-state index in [1.165, 1.54) is 11.3 Å². The highest BCUT2D eigenvalue weighted by Crippen LogP contribution is 2.47. The minimum atomic E-state index is -0.312. The van der Waals surface area contributed by atoms with Crippen LogP contribution in [0.5, 0.6) is 5.75 Å². The Morgan fingerprint density at radius 3 is 2.41 bits per heavy atom. The molecule has 1 aliphatic rings. The first-order valence-corrected chi connectivity index (χ1v) is 13.7. The number of para-hydroxylation sites is 1. The third-order valence-corrected chi connectivity index (χ3v) is 7.91. The topological polar surface area (TPSA) is 69.3 Å². The number of hydrazine groups is 1. The van der Waals surface area contributed by atoms with Crippen molar-refractivity contribution in [3.63, 3.8) is 0 Å². The third-order valence-electron chi connectivity index (χ3n) is 7.91. The van der Waals surface area contributed by atoms with Crippen molar-refractivity contribution in [1.82, 2.24) is 9.99 Å². The first-order chi connectivity index (χ1) is 19.2. The lowest BCUT2D eigenvalue weighted by molar-refractivity contribution is -0.122. The van der Waals surface area contributed by atoms with Crippen LogP contribution in [-0.4, -0.2) is 17.1 Å². The van der Waals surface area contributed by atoms with Crippen molar-refractivity contribution in [2.45, 2.75) is 38.0 Å². The number of carbonyl (C=O) groups is 1. The maximum atomic E-state index is 13.1. The second-order valence-electron chi connectivity index (χ2n) is 10.3. The number of ether oxygens (including phenoxy) is 1. The van der Waals surface area contributed by atoms with E-state index in [1.54, 1.807) is 0 Å². The average molecular weight is 516 g/mol. The summed E-state index contributed by atoms with van der Waals surface area (Å²) in [4.78, 5) is 13.1. The average Bonchev–Trinajstić information content (AvgIpc) is 3.33. The van der Waals surface area contributed by atoms with Gasteiger partial charge in [0.15, 0.2) is 0 Å². The SMILES string of the molecule is C[C@H]1CCC(C(=O)NN)c2c1n(-c1ccccc1-c1ccccc1)c1ccc(OCCc3ccccc3)cc21. The van der Waals surface area contributed by atoms with Crippen LogP contribution in [0.15, 0.2) is 103 Å². The van der Waals surface area contributed by atoms with E-state index in [4.69, 9.17) is 10.6 Å². The Hall–Kier alpha value is -4.35. The second-order valence-corrected chi connectivity index (χ2v) is 10.3. The van der Waals surface area contributed by atoms with Crippen molar-refractivity contribution in [1.29, 1.82) is 0 Å². The zero-order valence-electron chi connectivity index (χ0n) is 22.1. The van der Waals surface area contributed by atoms with E-state index < -0.39 is 0 Å². The van der Waals surface area contributed by atoms with Gasteiger partial charge in [0, 0.05) is 23.1 Å². The number of aromatic nitrogens is 1. The molecule has 5 nitrogen and oxygen atoms in total. The van der Waals surface area contributed by atoms with Crippen molar-refractivity contribution in [3.05, 3.63) is 120 Å². The van der Waals surface area contributed by atoms with Gasteiger partial charge in [0.1, 0.15) is 5.75 Å². The molecule has 4 aromatic carbocycles. The Morgan fingerprint density at radius 2 is 1.64 bits per heavy atom. The highest BCUT2D eigenvalue weighted by atomic mass is 16.5. The smallest absolute Gasteiger partial charge is 0.241 e. The number of fused-ring (bicyclic) bond motifs is 3. The van der Waals surface area contributed by atoms with E-state index in [2.05, 4.69) is 89.7 Å². The molecule has 5 heteroatoms. The molecule has 3 N–H and O–H groups in total. The van der Waals surface area contributed by atoms with Crippen LogP contribution in [0.25, 0.3) is 27.7 Å². The molecule has 1 amide bonds. The van der Waals surface area contributed by atoms with Crippen LogP contribution in [0, 0.1) is 0 Å². The van der Waals surface area contributed by atoms with E-state index in [-0.39, 0.29) is 17.7 Å². The molecule has 1 unspecified atom stereocenters. The molecular weight excluding hydrogens is 482 g/mol. The van der Waals surface area contributed by atoms with Crippen LogP contribution in [0.4, 0.5) is 0 Å². The van der Waals surface area contributed by atoms with Gasteiger partial charge in [0.2, 0.25) is 5.91 Å². The molecule has 1 aliphatic carbocycles. The lowest BCUT2D eigenvalue weighted by Gasteiger charge is -2.28. The molecule has 0 aliphatic heterocycles. The highest BCUT2D eigenvalue weighted by molar-refractivity contribution is 5.96. The van der Waals surface area contributed by atoms with Gasteiger partial charge in [-0.1, -0.05) is 85.8 Å². The molecule has 5 aromatic rings. The van der Waals surface area contributed by atoms with Crippen LogP contribution in [0.2, 0.25) is 0 Å². The number of amides is 1. The van der Waals surface area contributed by atoms with Gasteiger partial charge in [0.05, 0.1) is 23.7 Å². The molecule has 39 heavy (non-hydrogen) atoms. The number of nitrogens with zero attached hydrogens (tertiary/aromatic N) is 1. The maximum Gasteiger partial charge on any atom is 0.241 e. The largest absolute Gasteiger partial charge is 0.493 e. The predicted octanol–water partition coefficient (Wildman–Crippen LogP) is 6.89. The Labute approximate surface area is 229 Å². The number of nitrogens with one attached hydrogen (secondary N) is 1. The van der Waals surface area contributed by atoms with Crippen molar-refractivity contribution in [2.75, 3.05) is 6.61 Å². The predicted molar refractivity (Wildman–Crippen MR) is 157 cm³/mol. The van der Waals surface area contributed by atoms with E-state index >= 15 is 0 Å². The number of hydrogen-bond acceptors (Lipinski definition) is 3. The fraction of sp³-hybridized carbons (Fsp3) is 0.206. The zero-order chi connectivity index (χ0) is 26.8. The van der Waals surface area contributed by atoms with Crippen LogP contribution in [0.1, 0.15) is 48.4 Å². The number of benzene rings is 4. The minimum absolute atomic E-state index is 0.144. The van der Waals surface area contributed by atoms with Gasteiger partial charge >= 0.3 is 0 Å². The quantitative estimate of drug-likeness (QED) is 0.141. The molecule has 6 rings (SSSR count). The fourth-order valence-electron chi connectivity index (χ4n) is 6.04. The lowest BCUT2D eigenvalue weighted by atomic mass is 9.79. The molecule has 0 bridgehead atoms. The summed E-state index contributed by atoms with van der Waals surface area (Å²) in [6.07, 6.45) is 2.50. The van der Waals surface area contributed by atoms with Crippen LogP contribution in [0.3, 0.4) is 0 Å². The summed E-state index contributed by atoms with van der Waals surface area (Å²) in [5, 5.41) is 1.05. The van der Waals surface area contributed by atoms with Crippen molar-refractivity contribution in [2.24, 2.45) is 5.84 Å². The summed E-state index contributed by atoms with van der Waals surface area (Å²) in [6.45, 7) is 2.84. The van der Waals surface area contributed by atoms with Crippen LogP contribution >= 0.6 is 0 Å². The Morgan fingerprint density at radius 1 is 0.923 bits per heavy atom. The van der Waals surface area contributed by atoms with Crippen molar-refractivity contribution < 1.29 is 9.53 Å². The number of rotatable bonds is 7. The van der Waals surface area contributed by atoms with Gasteiger partial charge < -0.3 is 9.30 Å². The lowest BCUT2D eigenvalue weighted by Crippen LogP contribution is -2.36. The van der Waals surface area contributed by atoms with Crippen molar-refractivity contribution in [3.8, 4) is 22.6 Å². The number of hydrogen-bond donors (Lipinski definition) is 2. The molecule has 1 heterocycles. The van der Waals surface area contributed by atoms with E-state index in [0.29, 0.717) is 6.61 Å². The van der Waals surface area contributed by atoms with Gasteiger partial charge in [-0.2, -0.15) is 0 Å². The summed E-state index contributed by atoms with van der Waals surface area (Å²) in [6, 6.07) is 35.6. The molecule has 0 spiro atoms. The summed E-state index contributed by atoms with van der Waals surface area (Å²) in [5.74, 6) is 6.30. The van der Waals surface area contributed by atoms with Gasteiger partial charge in [-0.25, -0.2) is 5.84 Å². The summed E-state index contributed by atoms with van der Waals surface area (Å²) in [7, 11) is 0. The molecule has 196 valence electrons. The molecule has 2 atom stereocenters. The maximum absolute atomic E-state index is 13.1. The fourth-order valence-corrected chi connectivity index (χ4v) is 6.04. The Kier molecular flexibility index (Phi) is 6.91. The minimum Gasteiger partial charge on any atom is -0.493 e. The monoisotopic (exact) mass is 515 g/mol. The van der Waals surface area contributed by atoms with Crippen molar-refractivity contribution >= 4 is 16.8 Å². The standard InChI is InChI=1S/C34H33N3O2/c1-23-16-18-28(34(38)36-35)32-29-22-26(39-21-20-24-10-4-2-5-11-24)17-19-31(29)37(33(23)32)30-15-9-8-14-27(30)25-12-6-3-7-13-25/h2-15,17,19,22-23,28H,16,18,20-21,35H2,1H3,(H,36,38)/t23-,28?/m0/s1. The first kappa shape index (κ1) is 25.0. The third kappa shape index (κ3) is 4.70. The molecule has 0 fully saturated rings. The molecule has 1 aromatic heterocycles. The summed E-state index contributed by atoms with van der Waals surface area (Å²) in [5.41, 5.74) is 10.4. The first-order valence-electron chi connectivity index (χ1n) is 13.7. The molecule has 0 saturated heterocycles. The summed E-state index contributed by atoms with van der Waals surface area (Å²) >= 11 is 0. The molecule has 0 saturated carbocycles. The van der Waals surface area contributed by atoms with Gasteiger partial charge in [-0.15, -0.1) is 0 Å². The zero-order valence-corrected chi connectivity index (χ0v) is 22.1. The van der Waals surface area contributed by atoms with Crippen LogP contribution < -0.4 is 16.0 Å². The molecule has 0 radical (unpaired) electrons. The Bertz CT molecular complexity index is 1610. The second kappa shape index (κ2) is 10.8. The van der Waals surface area contributed by atoms with Gasteiger partial charge in [-0.3, -0.25) is 10.2 Å². The van der Waals surface area contributed by atoms with Gasteiger partial charge in [-0.05, 0) is 59.7 Å². The summed E-state index contributed by atoms with van der Waals surface area (Å²) < 4.78 is 8.59. The highest BCUT2D eigenvalue weighted by Gasteiger charge is 2.36. The number of nitrogens with two attached hydrogens (primary N) is 1. The Balaban J connectivity index is 1.51. The number of carbonyl (C=O) groups excluding carboxylic acids is 1. The van der Waals surface area contributed by atoms with E-state index in [9.17, 15) is 4.79 Å². The van der Waals surface area contributed by atoms with E-state index in [1.807, 2.05) is 30.3 Å². The van der Waals surface area contributed by atoms with Gasteiger partial charge in [0.25, 0.3) is 0 Å². The molecular formula is C34H33N3O2.